The molecule has 0 aliphatic carbocycles. The fourth-order valence-corrected chi connectivity index (χ4v) is 3.70. The first-order valence-electron chi connectivity index (χ1n) is 10.0. The molecule has 0 atom stereocenters. The van der Waals surface area contributed by atoms with Crippen LogP contribution in [0, 0.1) is 0 Å². The molecule has 162 valence electrons. The molecule has 2 aliphatic heterocycles. The summed E-state index contributed by atoms with van der Waals surface area (Å²) in [6.45, 7) is 5.18. The van der Waals surface area contributed by atoms with E-state index in [0.717, 1.165) is 0 Å². The summed E-state index contributed by atoms with van der Waals surface area (Å²) in [5.74, 6) is 1.12. The number of nitrogens with one attached hydrogen (secondary N) is 1. The highest BCUT2D eigenvalue weighted by atomic mass is 35.5. The van der Waals surface area contributed by atoms with Crippen molar-refractivity contribution in [3.63, 3.8) is 0 Å². The van der Waals surface area contributed by atoms with Crippen LogP contribution in [0.4, 0.5) is 23.5 Å². The maximum atomic E-state index is 10.3. The number of benzene rings is 1. The van der Waals surface area contributed by atoms with E-state index in [4.69, 9.17) is 21.1 Å². The van der Waals surface area contributed by atoms with Crippen molar-refractivity contribution < 1.29 is 14.6 Å². The molecule has 0 amide bonds. The standard InChI is InChI=1S/C19H21ClN8O3/c20-12-1-2-14-13(11-12)15(16(29)21-14)25-26-17-22-18(27-3-7-30-8-4-27)24-19(23-17)28-5-9-31-10-6-28/h1-2,11,21,29H,3-10H2. The van der Waals surface area contributed by atoms with Crippen molar-refractivity contribution in [2.45, 2.75) is 0 Å². The largest absolute Gasteiger partial charge is 0.493 e. The Morgan fingerprint density at radius 2 is 1.52 bits per heavy atom. The van der Waals surface area contributed by atoms with Gasteiger partial charge in [-0.05, 0) is 18.2 Å². The first kappa shape index (κ1) is 19.9. The van der Waals surface area contributed by atoms with Crippen LogP contribution in [-0.2, 0) is 9.47 Å². The van der Waals surface area contributed by atoms with Gasteiger partial charge in [0, 0.05) is 36.6 Å². The zero-order chi connectivity index (χ0) is 21.2. The van der Waals surface area contributed by atoms with Gasteiger partial charge in [-0.25, -0.2) is 0 Å². The number of hydrogen-bond donors (Lipinski definition) is 2. The molecule has 4 heterocycles. The number of H-pyrrole nitrogens is 1. The smallest absolute Gasteiger partial charge is 0.275 e. The van der Waals surface area contributed by atoms with Crippen LogP contribution in [0.25, 0.3) is 10.9 Å². The maximum absolute atomic E-state index is 10.3. The van der Waals surface area contributed by atoms with Crippen molar-refractivity contribution in [3.05, 3.63) is 23.2 Å². The van der Waals surface area contributed by atoms with Crippen LogP contribution in [0.5, 0.6) is 5.88 Å². The van der Waals surface area contributed by atoms with Crippen molar-refractivity contribution in [2.75, 3.05) is 62.4 Å². The van der Waals surface area contributed by atoms with Gasteiger partial charge in [-0.3, -0.25) is 0 Å². The molecular formula is C19H21ClN8O3. The summed E-state index contributed by atoms with van der Waals surface area (Å²) < 4.78 is 10.9. The Labute approximate surface area is 182 Å². The molecule has 3 aromatic rings. The van der Waals surface area contributed by atoms with E-state index in [1.165, 1.54) is 0 Å². The van der Waals surface area contributed by atoms with Crippen molar-refractivity contribution in [2.24, 2.45) is 10.2 Å². The van der Waals surface area contributed by atoms with Gasteiger partial charge in [0.05, 0.1) is 31.9 Å². The number of morpholine rings is 2. The van der Waals surface area contributed by atoms with E-state index in [9.17, 15) is 5.11 Å². The Kier molecular flexibility index (Phi) is 5.53. The lowest BCUT2D eigenvalue weighted by atomic mass is 10.2. The van der Waals surface area contributed by atoms with Crippen molar-refractivity contribution in [1.29, 1.82) is 0 Å². The summed E-state index contributed by atoms with van der Waals surface area (Å²) in [7, 11) is 0. The van der Waals surface area contributed by atoms with Gasteiger partial charge in [0.2, 0.25) is 17.8 Å². The van der Waals surface area contributed by atoms with E-state index in [2.05, 4.69) is 30.2 Å². The molecule has 12 heteroatoms. The lowest BCUT2D eigenvalue weighted by Gasteiger charge is -2.29. The molecule has 0 radical (unpaired) electrons. The molecule has 2 aliphatic rings. The number of ether oxygens (including phenoxy) is 2. The topological polar surface area (TPSA) is 124 Å². The number of anilines is 2. The zero-order valence-corrected chi connectivity index (χ0v) is 17.4. The first-order chi connectivity index (χ1) is 15.2. The SMILES string of the molecule is Oc1[nH]c2ccc(Cl)cc2c1N=Nc1nc(N2CCOCC2)nc(N2CCOCC2)n1. The lowest BCUT2D eigenvalue weighted by molar-refractivity contribution is 0.121. The Hall–Kier alpha value is -3.02. The van der Waals surface area contributed by atoms with E-state index in [0.29, 0.717) is 80.4 Å². The van der Waals surface area contributed by atoms with Crippen LogP contribution in [0.2, 0.25) is 5.02 Å². The summed E-state index contributed by atoms with van der Waals surface area (Å²) in [5.41, 5.74) is 0.980. The van der Waals surface area contributed by atoms with Crippen molar-refractivity contribution in [3.8, 4) is 5.88 Å². The Morgan fingerprint density at radius 1 is 0.903 bits per heavy atom. The predicted molar refractivity (Wildman–Crippen MR) is 115 cm³/mol. The number of rotatable bonds is 4. The van der Waals surface area contributed by atoms with Gasteiger partial charge in [-0.2, -0.15) is 15.0 Å². The van der Waals surface area contributed by atoms with Gasteiger partial charge >= 0.3 is 0 Å². The molecule has 0 spiro atoms. The molecule has 2 fully saturated rings. The second-order valence-corrected chi connectivity index (χ2v) is 7.58. The van der Waals surface area contributed by atoms with Gasteiger partial charge in [0.15, 0.2) is 5.69 Å². The van der Waals surface area contributed by atoms with E-state index in [-0.39, 0.29) is 17.5 Å². The van der Waals surface area contributed by atoms with E-state index < -0.39 is 0 Å². The molecule has 2 saturated heterocycles. The van der Waals surface area contributed by atoms with E-state index in [1.54, 1.807) is 18.2 Å². The van der Waals surface area contributed by atoms with Gasteiger partial charge < -0.3 is 29.4 Å². The number of hydrogen-bond acceptors (Lipinski definition) is 10. The summed E-state index contributed by atoms with van der Waals surface area (Å²) in [6, 6.07) is 5.22. The number of halogens is 1. The molecule has 0 saturated carbocycles. The highest BCUT2D eigenvalue weighted by molar-refractivity contribution is 6.31. The number of azo groups is 1. The molecule has 2 aromatic heterocycles. The van der Waals surface area contributed by atoms with E-state index in [1.807, 2.05) is 9.80 Å². The fraction of sp³-hybridized carbons (Fsp3) is 0.421. The van der Waals surface area contributed by atoms with Crippen molar-refractivity contribution >= 4 is 46.0 Å². The third-order valence-corrected chi connectivity index (χ3v) is 5.38. The Morgan fingerprint density at radius 3 is 2.13 bits per heavy atom. The predicted octanol–water partition coefficient (Wildman–Crippen LogP) is 2.80. The lowest BCUT2D eigenvalue weighted by Crippen LogP contribution is -2.39. The summed E-state index contributed by atoms with van der Waals surface area (Å²) in [6.07, 6.45) is 0. The Bertz CT molecular complexity index is 1070. The molecule has 1 aromatic carbocycles. The molecule has 11 nitrogen and oxygen atoms in total. The molecule has 5 rings (SSSR count). The van der Waals surface area contributed by atoms with Crippen molar-refractivity contribution in [1.82, 2.24) is 19.9 Å². The number of aromatic amines is 1. The van der Waals surface area contributed by atoms with Crippen LogP contribution >= 0.6 is 11.6 Å². The molecular weight excluding hydrogens is 424 g/mol. The first-order valence-corrected chi connectivity index (χ1v) is 10.4. The zero-order valence-electron chi connectivity index (χ0n) is 16.7. The van der Waals surface area contributed by atoms with Gasteiger partial charge in [-0.1, -0.05) is 11.6 Å². The van der Waals surface area contributed by atoms with Gasteiger partial charge in [-0.15, -0.1) is 10.2 Å². The molecule has 31 heavy (non-hydrogen) atoms. The van der Waals surface area contributed by atoms with Crippen LogP contribution in [0.1, 0.15) is 0 Å². The molecule has 2 N–H and O–H groups in total. The van der Waals surface area contributed by atoms with Crippen LogP contribution < -0.4 is 9.80 Å². The summed E-state index contributed by atoms with van der Waals surface area (Å²) >= 11 is 6.10. The molecule has 0 bridgehead atoms. The highest BCUT2D eigenvalue weighted by Crippen LogP contribution is 2.37. The van der Waals surface area contributed by atoms with Gasteiger partial charge in [0.25, 0.3) is 5.95 Å². The number of nitrogens with zero attached hydrogens (tertiary/aromatic N) is 7. The van der Waals surface area contributed by atoms with Gasteiger partial charge in [0.1, 0.15) is 0 Å². The van der Waals surface area contributed by atoms with Crippen LogP contribution in [0.15, 0.2) is 28.4 Å². The third kappa shape index (κ3) is 4.24. The fourth-order valence-electron chi connectivity index (χ4n) is 3.53. The summed E-state index contributed by atoms with van der Waals surface area (Å²) in [5, 5.41) is 19.9. The Balaban J connectivity index is 1.51. The maximum Gasteiger partial charge on any atom is 0.275 e. The minimum atomic E-state index is -0.100. The second kappa shape index (κ2) is 8.61. The monoisotopic (exact) mass is 444 g/mol. The number of aromatic nitrogens is 4. The van der Waals surface area contributed by atoms with Crippen LogP contribution in [-0.4, -0.2) is 77.6 Å². The van der Waals surface area contributed by atoms with Crippen LogP contribution in [0.3, 0.4) is 0 Å². The second-order valence-electron chi connectivity index (χ2n) is 7.15. The average molecular weight is 445 g/mol. The highest BCUT2D eigenvalue weighted by Gasteiger charge is 2.21. The number of aromatic hydroxyl groups is 1. The third-order valence-electron chi connectivity index (χ3n) is 5.14. The van der Waals surface area contributed by atoms with E-state index >= 15 is 0 Å². The summed E-state index contributed by atoms with van der Waals surface area (Å²) in [4.78, 5) is 20.6. The molecule has 0 unspecified atom stereocenters. The average Bonchev–Trinajstić information content (AvgIpc) is 3.12. The minimum absolute atomic E-state index is 0.100. The number of fused-ring (bicyclic) bond motifs is 1. The quantitative estimate of drug-likeness (QED) is 0.588. The minimum Gasteiger partial charge on any atom is -0.493 e. The normalized spacial score (nSPS) is 17.7.